The van der Waals surface area contributed by atoms with Gasteiger partial charge < -0.3 is 53.6 Å². The molecule has 5 aromatic carbocycles. The van der Waals surface area contributed by atoms with Gasteiger partial charge in [-0.3, -0.25) is 78.9 Å². The summed E-state index contributed by atoms with van der Waals surface area (Å²) in [5, 5.41) is 17.6. The lowest BCUT2D eigenvalue weighted by Crippen LogP contribution is -2.46. The number of phenolic OH excluding ortho intramolecular Hbond substituents is 1. The molecule has 0 spiro atoms. The number of methoxy groups -OCH3 is 3. The molecule has 0 saturated carbocycles. The highest BCUT2D eigenvalue weighted by Gasteiger charge is 2.52. The van der Waals surface area contributed by atoms with Crippen molar-refractivity contribution in [1.29, 1.82) is 0 Å². The number of hydrogen-bond acceptors (Lipinski definition) is 21. The number of likely N-dealkylation sites (N-methyl/N-ethyl adjacent to an activating group) is 3. The molecule has 0 unspecified atom stereocenters. The lowest BCUT2D eigenvalue weighted by Gasteiger charge is -2.35. The zero-order valence-electron chi connectivity index (χ0n) is 67.5. The number of carbonyl (C=O) groups excluding carboxylic acids is 9. The second-order valence-corrected chi connectivity index (χ2v) is 31.1. The van der Waals surface area contributed by atoms with Crippen LogP contribution in [0.1, 0.15) is 116 Å². The molecule has 0 bridgehead atoms. The first-order valence-electron chi connectivity index (χ1n) is 40.0. The van der Waals surface area contributed by atoms with Crippen LogP contribution in [-0.4, -0.2) is 247 Å². The maximum atomic E-state index is 15.5. The Kier molecular flexibility index (Phi) is 25.0. The van der Waals surface area contributed by atoms with E-state index in [0.29, 0.717) is 57.0 Å². The fourth-order valence-corrected chi connectivity index (χ4v) is 16.4. The highest BCUT2D eigenvalue weighted by atomic mass is 19.1. The van der Waals surface area contributed by atoms with Gasteiger partial charge in [0.05, 0.1) is 57.5 Å². The van der Waals surface area contributed by atoms with Crippen molar-refractivity contribution in [3.8, 4) is 69.6 Å². The lowest BCUT2D eigenvalue weighted by atomic mass is 9.85. The number of ether oxygens (including phenoxy) is 3. The highest BCUT2D eigenvalue weighted by molar-refractivity contribution is 6.10. The highest BCUT2D eigenvalue weighted by Crippen LogP contribution is 2.40. The zero-order chi connectivity index (χ0) is 83.9. The molecule has 16 rings (SSSR count). The van der Waals surface area contributed by atoms with Crippen molar-refractivity contribution in [2.24, 2.45) is 16.2 Å². The van der Waals surface area contributed by atoms with Crippen LogP contribution in [0.4, 0.5) is 14.5 Å². The van der Waals surface area contributed by atoms with Crippen molar-refractivity contribution in [1.82, 2.24) is 65.1 Å². The number of halogens is 2. The molecule has 9 aliphatic heterocycles. The van der Waals surface area contributed by atoms with Gasteiger partial charge in [0, 0.05) is 188 Å². The quantitative estimate of drug-likeness (QED) is 0.0560. The molecule has 119 heavy (non-hydrogen) atoms. The van der Waals surface area contributed by atoms with Gasteiger partial charge in [-0.05, 0) is 121 Å². The molecule has 7 aromatic rings. The number of hydrogen-bond donors (Lipinski definition) is 4. The number of nitrogens with zero attached hydrogens (tertiary/aromatic N) is 11. The van der Waals surface area contributed by atoms with Gasteiger partial charge in [-0.1, -0.05) is 80.6 Å². The van der Waals surface area contributed by atoms with Crippen LogP contribution >= 0.6 is 0 Å². The predicted molar refractivity (Wildman–Crippen MR) is 435 cm³/mol. The third kappa shape index (κ3) is 18.3. The van der Waals surface area contributed by atoms with E-state index < -0.39 is 63.3 Å². The van der Waals surface area contributed by atoms with E-state index in [0.717, 1.165) is 139 Å². The number of rotatable bonds is 18. The minimum atomic E-state index is -1.48. The van der Waals surface area contributed by atoms with Crippen molar-refractivity contribution in [3.05, 3.63) is 195 Å². The van der Waals surface area contributed by atoms with E-state index in [4.69, 9.17) is 14.2 Å². The molecule has 9 aliphatic rings. The number of carbonyl (C=O) groups is 9. The number of aromatic hydroxyl groups is 1. The van der Waals surface area contributed by atoms with Gasteiger partial charge in [0.15, 0.2) is 11.6 Å². The minimum Gasteiger partial charge on any atom is -0.507 e. The van der Waals surface area contributed by atoms with Crippen LogP contribution in [0.3, 0.4) is 0 Å². The smallest absolute Gasteiger partial charge is 0.257 e. The van der Waals surface area contributed by atoms with Crippen LogP contribution in [0, 0.1) is 63.4 Å². The van der Waals surface area contributed by atoms with Gasteiger partial charge in [0.1, 0.15) is 39.3 Å². The number of imide groups is 3. The van der Waals surface area contributed by atoms with Crippen molar-refractivity contribution in [3.63, 3.8) is 0 Å². The Morgan fingerprint density at radius 1 is 0.429 bits per heavy atom. The van der Waals surface area contributed by atoms with Crippen LogP contribution in [-0.2, 0) is 61.5 Å². The first-order valence-corrected chi connectivity index (χ1v) is 40.0. The van der Waals surface area contributed by atoms with Gasteiger partial charge in [-0.25, -0.2) is 8.78 Å². The molecule has 4 N–H and O–H groups in total. The van der Waals surface area contributed by atoms with Crippen LogP contribution in [0.15, 0.2) is 122 Å². The van der Waals surface area contributed by atoms with E-state index in [1.165, 1.54) is 36.2 Å². The summed E-state index contributed by atoms with van der Waals surface area (Å²) >= 11 is 0. The van der Waals surface area contributed by atoms with Gasteiger partial charge in [-0.2, -0.15) is 0 Å². The Bertz CT molecular complexity index is 5360. The Morgan fingerprint density at radius 2 is 0.840 bits per heavy atom. The molecule has 6 saturated heterocycles. The molecular weight excluding hydrogens is 1520 g/mol. The summed E-state index contributed by atoms with van der Waals surface area (Å²) in [5.74, 6) is 13.6. The van der Waals surface area contributed by atoms with Gasteiger partial charge in [0.25, 0.3) is 17.7 Å². The number of aromatic nitrogens is 2. The predicted octanol–water partition coefficient (Wildman–Crippen LogP) is 6.06. The van der Waals surface area contributed by atoms with Gasteiger partial charge in [0.2, 0.25) is 35.4 Å². The Balaban J connectivity index is 0.000000147. The fourth-order valence-electron chi connectivity index (χ4n) is 16.4. The normalized spacial score (nSPS) is 21.2. The standard InChI is InChI=1S/C34H33FN4O5.C28H30FN5O4.C28H31N5O4/c1-3-37-12-14-38(15-13-37)24-6-9-30(40)28(17-24)26-8-4-22(16-29(26)35)10-11-34(19-31(41)36-33(34)43)21-39-20-23-5-7-25(44-2)18-27(23)32(39)42;1-3-32-10-12-33(13-11-32)17-21-6-4-19(15-30-21)8-9-28(14-23(35)31-27(28)37)18-34-16-20-5-7-22(38-2)25(29)24(20)26(34)36;1-3-31-10-12-32(13-11-31)18-22-6-4-20(16-29-22)8-9-28(15-25(34)30-27(28)36)19-33-17-21-5-7-23(37-2)14-24(21)26(33)35/h4-9,16-18,40H,3,12-15,19-21H2,1-2H3,(H,36,41,43);4-7,15H,3,10-14,16-18H2,1-2H3,(H,31,35,37);4-7,14,16H,3,10-13,15,17-19H2,1-2H3,(H,30,34,36)/t34-;2*28-/m111/s1. The Hall–Kier alpha value is -12.4. The molecule has 616 valence electrons. The molecular formula is C90H94F2N14O13. The largest absolute Gasteiger partial charge is 0.507 e. The molecule has 11 heterocycles. The molecule has 0 aliphatic carbocycles. The van der Waals surface area contributed by atoms with Crippen molar-refractivity contribution >= 4 is 58.9 Å². The summed E-state index contributed by atoms with van der Waals surface area (Å²) in [7, 11) is 4.39. The Labute approximate surface area is 689 Å². The first-order chi connectivity index (χ1) is 57.4. The molecule has 6 fully saturated rings. The number of piperazine rings is 3. The number of benzene rings is 5. The van der Waals surface area contributed by atoms with Crippen molar-refractivity contribution in [2.45, 2.75) is 72.8 Å². The maximum Gasteiger partial charge on any atom is 0.257 e. The van der Waals surface area contributed by atoms with E-state index in [-0.39, 0.29) is 92.3 Å². The second kappa shape index (κ2) is 35.8. The zero-order valence-corrected chi connectivity index (χ0v) is 67.5. The van der Waals surface area contributed by atoms with E-state index in [2.05, 4.69) is 112 Å². The molecule has 27 nitrogen and oxygen atoms in total. The van der Waals surface area contributed by atoms with E-state index >= 15 is 4.39 Å². The summed E-state index contributed by atoms with van der Waals surface area (Å²) in [5.41, 5.74) is 3.82. The molecule has 0 radical (unpaired) electrons. The van der Waals surface area contributed by atoms with Gasteiger partial charge >= 0.3 is 0 Å². The van der Waals surface area contributed by atoms with Gasteiger partial charge in [-0.15, -0.1) is 0 Å². The third-order valence-electron chi connectivity index (χ3n) is 23.5. The van der Waals surface area contributed by atoms with Crippen LogP contribution in [0.5, 0.6) is 23.0 Å². The van der Waals surface area contributed by atoms with E-state index in [1.807, 2.05) is 36.4 Å². The number of phenols is 1. The Morgan fingerprint density at radius 3 is 1.24 bits per heavy atom. The third-order valence-corrected chi connectivity index (χ3v) is 23.5. The SMILES string of the molecule is CCN1CCN(Cc2ccc(C#C[C@]3(CN4Cc5ccc(OC)c(F)c5C4=O)CC(=O)NC3=O)cn2)CC1.CCN1CCN(Cc2ccc(C#C[C@]3(CN4Cc5ccc(OC)cc5C4=O)CC(=O)NC3=O)cn2)CC1.CCN1CCN(c2ccc(O)c(-c3ccc(C#C[C@]4(CN5Cc6ccc(OC)cc6C5=O)CC(=O)NC4=O)cc3F)c2)CC1. The lowest BCUT2D eigenvalue weighted by molar-refractivity contribution is -0.128. The number of amides is 9. The fraction of sp³-hybridized carbons (Fsp3) is 0.389. The summed E-state index contributed by atoms with van der Waals surface area (Å²) in [6.45, 7) is 23.6. The molecule has 2 aromatic heterocycles. The second-order valence-electron chi connectivity index (χ2n) is 31.1. The summed E-state index contributed by atoms with van der Waals surface area (Å²) in [6.07, 6.45) is 2.88. The molecule has 29 heteroatoms. The number of nitrogens with one attached hydrogen (secondary N) is 3. The summed E-state index contributed by atoms with van der Waals surface area (Å²) in [4.78, 5) is 143. The van der Waals surface area contributed by atoms with Crippen LogP contribution < -0.4 is 35.1 Å². The molecule has 3 atom stereocenters. The summed E-state index contributed by atoms with van der Waals surface area (Å²) < 4.78 is 45.8. The van der Waals surface area contributed by atoms with Crippen LogP contribution in [0.25, 0.3) is 11.1 Å². The number of fused-ring (bicyclic) bond motifs is 3. The van der Waals surface area contributed by atoms with E-state index in [1.54, 1.807) is 85.1 Å². The van der Waals surface area contributed by atoms with Crippen LogP contribution in [0.2, 0.25) is 0 Å². The monoisotopic (exact) mass is 1620 g/mol. The number of anilines is 1. The minimum absolute atomic E-state index is 0.0265. The summed E-state index contributed by atoms with van der Waals surface area (Å²) in [6, 6.07) is 30.9. The number of pyridine rings is 2. The van der Waals surface area contributed by atoms with E-state index in [9.17, 15) is 52.6 Å². The average Bonchev–Trinajstić information content (AvgIpc) is 1.62. The topological polar surface area (TPSA) is 293 Å². The molecule has 9 amide bonds. The first kappa shape index (κ1) is 83.1. The van der Waals surface area contributed by atoms with Crippen molar-refractivity contribution in [2.75, 3.05) is 144 Å². The van der Waals surface area contributed by atoms with Crippen molar-refractivity contribution < 1.29 is 71.2 Å². The maximum absolute atomic E-state index is 15.5. The average molecular weight is 1620 g/mol.